The van der Waals surface area contributed by atoms with Crippen LogP contribution in [0, 0.1) is 0 Å². The fourth-order valence-corrected chi connectivity index (χ4v) is 4.56. The highest BCUT2D eigenvalue weighted by Gasteiger charge is 2.28. The second-order valence-electron chi connectivity index (χ2n) is 8.24. The Morgan fingerprint density at radius 1 is 0.700 bits per heavy atom. The zero-order chi connectivity index (χ0) is 19.9. The lowest BCUT2D eigenvalue weighted by Gasteiger charge is -2.38. The van der Waals surface area contributed by atoms with Crippen LogP contribution in [-0.4, -0.2) is 32.2 Å². The summed E-state index contributed by atoms with van der Waals surface area (Å²) in [5.74, 6) is 0. The molecule has 0 spiro atoms. The summed E-state index contributed by atoms with van der Waals surface area (Å²) < 4.78 is 0. The molecule has 0 radical (unpaired) electrons. The molecule has 158 valence electrons. The van der Waals surface area contributed by atoms with E-state index in [1.54, 1.807) is 4.90 Å². The SMILES string of the molecule is CCc1ccc(N2CC[NH+](C(Cc3ccccc3)Cc3ccccc3)CC2)cc1.[Cl-]. The van der Waals surface area contributed by atoms with E-state index >= 15 is 0 Å². The minimum atomic E-state index is 0. The van der Waals surface area contributed by atoms with Gasteiger partial charge in [0.25, 0.3) is 0 Å². The molecular formula is C27H33ClN2. The predicted molar refractivity (Wildman–Crippen MR) is 123 cm³/mol. The Balaban J connectivity index is 0.00000256. The van der Waals surface area contributed by atoms with Crippen LogP contribution >= 0.6 is 0 Å². The van der Waals surface area contributed by atoms with Gasteiger partial charge >= 0.3 is 0 Å². The van der Waals surface area contributed by atoms with Gasteiger partial charge in [-0.3, -0.25) is 0 Å². The molecule has 3 aromatic rings. The average molecular weight is 421 g/mol. The first-order valence-corrected chi connectivity index (χ1v) is 11.1. The highest BCUT2D eigenvalue weighted by Crippen LogP contribution is 2.16. The summed E-state index contributed by atoms with van der Waals surface area (Å²) in [4.78, 5) is 4.31. The van der Waals surface area contributed by atoms with Gasteiger partial charge in [0.15, 0.2) is 0 Å². The Hall–Kier alpha value is -2.29. The maximum absolute atomic E-state index is 2.56. The van der Waals surface area contributed by atoms with E-state index in [9.17, 15) is 0 Å². The third-order valence-corrected chi connectivity index (χ3v) is 6.34. The molecule has 0 saturated carbocycles. The molecule has 3 aromatic carbocycles. The number of aryl methyl sites for hydroxylation is 1. The van der Waals surface area contributed by atoms with Gasteiger partial charge in [0.1, 0.15) is 0 Å². The highest BCUT2D eigenvalue weighted by atomic mass is 35.5. The van der Waals surface area contributed by atoms with Crippen molar-refractivity contribution in [1.82, 2.24) is 0 Å². The van der Waals surface area contributed by atoms with Gasteiger partial charge in [-0.25, -0.2) is 0 Å². The Bertz CT molecular complexity index is 815. The van der Waals surface area contributed by atoms with Crippen molar-refractivity contribution in [2.24, 2.45) is 0 Å². The number of anilines is 1. The van der Waals surface area contributed by atoms with E-state index < -0.39 is 0 Å². The third kappa shape index (κ3) is 5.87. The van der Waals surface area contributed by atoms with Crippen molar-refractivity contribution in [3.05, 3.63) is 102 Å². The van der Waals surface area contributed by atoms with Crippen LogP contribution in [0.25, 0.3) is 0 Å². The molecule has 1 heterocycles. The van der Waals surface area contributed by atoms with Crippen LogP contribution in [-0.2, 0) is 19.3 Å². The molecule has 2 nitrogen and oxygen atoms in total. The maximum Gasteiger partial charge on any atom is 0.0957 e. The first-order valence-electron chi connectivity index (χ1n) is 11.1. The summed E-state index contributed by atoms with van der Waals surface area (Å²) >= 11 is 0. The van der Waals surface area contributed by atoms with E-state index in [-0.39, 0.29) is 12.4 Å². The Morgan fingerprint density at radius 3 is 1.67 bits per heavy atom. The zero-order valence-corrected chi connectivity index (χ0v) is 18.7. The van der Waals surface area contributed by atoms with Crippen molar-refractivity contribution in [2.45, 2.75) is 32.2 Å². The second-order valence-corrected chi connectivity index (χ2v) is 8.24. The number of rotatable bonds is 7. The van der Waals surface area contributed by atoms with Crippen LogP contribution in [0.4, 0.5) is 5.69 Å². The number of halogens is 1. The number of hydrogen-bond donors (Lipinski definition) is 1. The Kier molecular flexibility index (Phi) is 8.36. The van der Waals surface area contributed by atoms with Gasteiger partial charge < -0.3 is 22.2 Å². The molecule has 0 amide bonds. The van der Waals surface area contributed by atoms with Gasteiger partial charge in [-0.1, -0.05) is 79.7 Å². The largest absolute Gasteiger partial charge is 1.00 e. The first-order chi connectivity index (χ1) is 14.3. The molecule has 0 bridgehead atoms. The Labute approximate surface area is 187 Å². The van der Waals surface area contributed by atoms with Crippen LogP contribution in [0.5, 0.6) is 0 Å². The molecule has 4 rings (SSSR count). The normalized spacial score (nSPS) is 14.5. The van der Waals surface area contributed by atoms with Gasteiger partial charge in [0.2, 0.25) is 0 Å². The van der Waals surface area contributed by atoms with Crippen molar-refractivity contribution in [3.63, 3.8) is 0 Å². The van der Waals surface area contributed by atoms with Crippen LogP contribution in [0.2, 0.25) is 0 Å². The van der Waals surface area contributed by atoms with E-state index in [2.05, 4.69) is 96.8 Å². The lowest BCUT2D eigenvalue weighted by molar-refractivity contribution is -0.925. The maximum atomic E-state index is 2.56. The molecule has 30 heavy (non-hydrogen) atoms. The highest BCUT2D eigenvalue weighted by molar-refractivity contribution is 5.47. The number of quaternary nitrogens is 1. The van der Waals surface area contributed by atoms with E-state index in [0.29, 0.717) is 6.04 Å². The van der Waals surface area contributed by atoms with Gasteiger partial charge in [-0.2, -0.15) is 0 Å². The van der Waals surface area contributed by atoms with E-state index in [4.69, 9.17) is 0 Å². The molecule has 1 aliphatic heterocycles. The average Bonchev–Trinajstić information content (AvgIpc) is 2.80. The van der Waals surface area contributed by atoms with Gasteiger partial charge in [0.05, 0.1) is 32.2 Å². The summed E-state index contributed by atoms with van der Waals surface area (Å²) in [5, 5.41) is 0. The molecule has 3 heteroatoms. The molecule has 0 unspecified atom stereocenters. The molecule has 1 fully saturated rings. The van der Waals surface area contributed by atoms with Crippen LogP contribution in [0.3, 0.4) is 0 Å². The summed E-state index contributed by atoms with van der Waals surface area (Å²) in [7, 11) is 0. The number of benzene rings is 3. The molecule has 1 aliphatic rings. The summed E-state index contributed by atoms with van der Waals surface area (Å²) in [6, 6.07) is 31.8. The van der Waals surface area contributed by atoms with Crippen molar-refractivity contribution in [2.75, 3.05) is 31.1 Å². The monoisotopic (exact) mass is 420 g/mol. The number of nitrogens with one attached hydrogen (secondary N) is 1. The second kappa shape index (κ2) is 11.2. The van der Waals surface area contributed by atoms with Crippen molar-refractivity contribution in [3.8, 4) is 0 Å². The van der Waals surface area contributed by atoms with E-state index in [1.807, 2.05) is 0 Å². The van der Waals surface area contributed by atoms with Crippen LogP contribution < -0.4 is 22.2 Å². The Morgan fingerprint density at radius 2 is 1.20 bits per heavy atom. The number of hydrogen-bond acceptors (Lipinski definition) is 1. The fraction of sp³-hybridized carbons (Fsp3) is 0.333. The van der Waals surface area contributed by atoms with Crippen molar-refractivity contribution >= 4 is 5.69 Å². The van der Waals surface area contributed by atoms with Crippen molar-refractivity contribution < 1.29 is 17.3 Å². The first kappa shape index (κ1) is 22.4. The molecular weight excluding hydrogens is 388 g/mol. The quantitative estimate of drug-likeness (QED) is 0.594. The standard InChI is InChI=1S/C27H32N2.ClH/c1-2-23-13-15-26(16-14-23)28-17-19-29(20-18-28)27(21-24-9-5-3-6-10-24)22-25-11-7-4-8-12-25;/h3-16,27H,2,17-22H2,1H3;1H. The van der Waals surface area contributed by atoms with E-state index in [0.717, 1.165) is 32.4 Å². The molecule has 0 aliphatic carbocycles. The number of piperazine rings is 1. The lowest BCUT2D eigenvalue weighted by Crippen LogP contribution is -3.18. The number of nitrogens with zero attached hydrogens (tertiary/aromatic N) is 1. The molecule has 0 aromatic heterocycles. The zero-order valence-electron chi connectivity index (χ0n) is 17.9. The van der Waals surface area contributed by atoms with Crippen LogP contribution in [0.15, 0.2) is 84.9 Å². The summed E-state index contributed by atoms with van der Waals surface area (Å²) in [6.45, 7) is 6.91. The minimum Gasteiger partial charge on any atom is -1.00 e. The lowest BCUT2D eigenvalue weighted by atomic mass is 9.97. The van der Waals surface area contributed by atoms with Crippen molar-refractivity contribution in [1.29, 1.82) is 0 Å². The predicted octanol–water partition coefficient (Wildman–Crippen LogP) is 0.812. The van der Waals surface area contributed by atoms with Gasteiger partial charge in [0, 0.05) is 18.5 Å². The molecule has 1 saturated heterocycles. The molecule has 0 atom stereocenters. The van der Waals surface area contributed by atoms with Gasteiger partial charge in [-0.05, 0) is 35.2 Å². The van der Waals surface area contributed by atoms with E-state index in [1.165, 1.54) is 35.5 Å². The smallest absolute Gasteiger partial charge is 0.0957 e. The summed E-state index contributed by atoms with van der Waals surface area (Å²) in [6.07, 6.45) is 3.41. The van der Waals surface area contributed by atoms with Gasteiger partial charge in [-0.15, -0.1) is 0 Å². The molecule has 1 N–H and O–H groups in total. The topological polar surface area (TPSA) is 7.68 Å². The summed E-state index contributed by atoms with van der Waals surface area (Å²) in [5.41, 5.74) is 5.71. The van der Waals surface area contributed by atoms with Crippen LogP contribution in [0.1, 0.15) is 23.6 Å². The fourth-order valence-electron chi connectivity index (χ4n) is 4.56. The third-order valence-electron chi connectivity index (χ3n) is 6.34. The minimum absolute atomic E-state index is 0.